The van der Waals surface area contributed by atoms with E-state index in [0.717, 1.165) is 13.1 Å². The Morgan fingerprint density at radius 2 is 2.24 bits per heavy atom. The number of carbonyl (C=O) groups excluding carboxylic acids is 1. The molecule has 1 heterocycles. The average Bonchev–Trinajstić information content (AvgIpc) is 2.25. The third-order valence-corrected chi connectivity index (χ3v) is 3.11. The van der Waals surface area contributed by atoms with Crippen LogP contribution in [0.2, 0.25) is 0 Å². The molecule has 0 spiro atoms. The van der Waals surface area contributed by atoms with Gasteiger partial charge in [-0.3, -0.25) is 0 Å². The van der Waals surface area contributed by atoms with E-state index in [1.165, 1.54) is 12.8 Å². The normalized spacial score (nSPS) is 22.9. The molecule has 1 amide bonds. The maximum absolute atomic E-state index is 11.5. The Hall–Kier alpha value is -0.770. The number of hydrogen-bond acceptors (Lipinski definition) is 3. The zero-order chi connectivity index (χ0) is 12.9. The molecule has 100 valence electrons. The molecule has 17 heavy (non-hydrogen) atoms. The van der Waals surface area contributed by atoms with E-state index in [1.807, 2.05) is 20.8 Å². The number of rotatable bonds is 3. The van der Waals surface area contributed by atoms with Gasteiger partial charge in [0, 0.05) is 6.54 Å². The van der Waals surface area contributed by atoms with Gasteiger partial charge in [-0.15, -0.1) is 0 Å². The van der Waals surface area contributed by atoms with Crippen LogP contribution in [0, 0.1) is 11.8 Å². The maximum atomic E-state index is 11.5. The van der Waals surface area contributed by atoms with Crippen molar-refractivity contribution < 1.29 is 9.53 Å². The Bertz CT molecular complexity index is 242. The fourth-order valence-electron chi connectivity index (χ4n) is 2.09. The summed E-state index contributed by atoms with van der Waals surface area (Å²) in [4.78, 5) is 11.5. The first-order chi connectivity index (χ1) is 7.88. The first kappa shape index (κ1) is 14.3. The topological polar surface area (TPSA) is 50.4 Å². The van der Waals surface area contributed by atoms with Crippen LogP contribution >= 0.6 is 0 Å². The second-order valence-corrected chi connectivity index (χ2v) is 5.97. The van der Waals surface area contributed by atoms with Gasteiger partial charge in [0.2, 0.25) is 0 Å². The molecule has 0 aliphatic carbocycles. The van der Waals surface area contributed by atoms with Crippen LogP contribution in [-0.4, -0.2) is 31.3 Å². The molecule has 0 saturated carbocycles. The lowest BCUT2D eigenvalue weighted by molar-refractivity contribution is 0.0513. The quantitative estimate of drug-likeness (QED) is 0.797. The fraction of sp³-hybridized carbons (Fsp3) is 0.923. The molecule has 0 aromatic rings. The number of nitrogens with one attached hydrogen (secondary N) is 2. The van der Waals surface area contributed by atoms with Crippen LogP contribution in [0.25, 0.3) is 0 Å². The van der Waals surface area contributed by atoms with Crippen LogP contribution < -0.4 is 10.6 Å². The minimum Gasteiger partial charge on any atom is -0.444 e. The molecular weight excluding hydrogens is 216 g/mol. The van der Waals surface area contributed by atoms with Crippen molar-refractivity contribution in [2.75, 3.05) is 19.6 Å². The molecule has 1 aliphatic heterocycles. The van der Waals surface area contributed by atoms with E-state index in [4.69, 9.17) is 4.74 Å². The Morgan fingerprint density at radius 3 is 2.76 bits per heavy atom. The standard InChI is InChI=1S/C13H26N2O2/c1-10(11-6-5-7-14-9-11)8-15-12(16)17-13(2,3)4/h10-11,14H,5-9H2,1-4H3,(H,15,16). The highest BCUT2D eigenvalue weighted by Crippen LogP contribution is 2.19. The zero-order valence-electron chi connectivity index (χ0n) is 11.5. The van der Waals surface area contributed by atoms with Crippen molar-refractivity contribution >= 4 is 6.09 Å². The van der Waals surface area contributed by atoms with Gasteiger partial charge in [-0.1, -0.05) is 6.92 Å². The summed E-state index contributed by atoms with van der Waals surface area (Å²) in [6, 6.07) is 0. The lowest BCUT2D eigenvalue weighted by atomic mass is 9.87. The lowest BCUT2D eigenvalue weighted by Crippen LogP contribution is -2.40. The molecule has 0 aromatic carbocycles. The van der Waals surface area contributed by atoms with Crippen molar-refractivity contribution in [2.24, 2.45) is 11.8 Å². The van der Waals surface area contributed by atoms with Gasteiger partial charge in [0.1, 0.15) is 5.60 Å². The molecule has 1 fully saturated rings. The summed E-state index contributed by atoms with van der Waals surface area (Å²) in [6.07, 6.45) is 2.18. The smallest absolute Gasteiger partial charge is 0.407 e. The summed E-state index contributed by atoms with van der Waals surface area (Å²) in [5.74, 6) is 1.16. The van der Waals surface area contributed by atoms with Crippen molar-refractivity contribution in [3.05, 3.63) is 0 Å². The average molecular weight is 242 g/mol. The highest BCUT2D eigenvalue weighted by atomic mass is 16.6. The third-order valence-electron chi connectivity index (χ3n) is 3.11. The minimum absolute atomic E-state index is 0.312. The third kappa shape index (κ3) is 5.91. The highest BCUT2D eigenvalue weighted by molar-refractivity contribution is 5.67. The van der Waals surface area contributed by atoms with Crippen LogP contribution in [0.5, 0.6) is 0 Å². The van der Waals surface area contributed by atoms with E-state index in [0.29, 0.717) is 18.4 Å². The van der Waals surface area contributed by atoms with Gasteiger partial charge in [-0.2, -0.15) is 0 Å². The zero-order valence-corrected chi connectivity index (χ0v) is 11.5. The van der Waals surface area contributed by atoms with Crippen molar-refractivity contribution in [1.82, 2.24) is 10.6 Å². The molecule has 2 atom stereocenters. The van der Waals surface area contributed by atoms with Crippen LogP contribution in [-0.2, 0) is 4.74 Å². The number of carbonyl (C=O) groups is 1. The summed E-state index contributed by atoms with van der Waals surface area (Å²) < 4.78 is 5.21. The van der Waals surface area contributed by atoms with Gasteiger partial charge in [-0.25, -0.2) is 4.79 Å². The van der Waals surface area contributed by atoms with Gasteiger partial charge in [0.25, 0.3) is 0 Å². The monoisotopic (exact) mass is 242 g/mol. The lowest BCUT2D eigenvalue weighted by Gasteiger charge is -2.28. The first-order valence-electron chi connectivity index (χ1n) is 6.56. The molecular formula is C13H26N2O2. The largest absolute Gasteiger partial charge is 0.444 e. The Balaban J connectivity index is 2.22. The molecule has 1 aliphatic rings. The molecule has 1 rings (SSSR count). The Morgan fingerprint density at radius 1 is 1.53 bits per heavy atom. The molecule has 4 nitrogen and oxygen atoms in total. The second-order valence-electron chi connectivity index (χ2n) is 5.97. The molecule has 4 heteroatoms. The van der Waals surface area contributed by atoms with Gasteiger partial charge < -0.3 is 15.4 Å². The molecule has 0 radical (unpaired) electrons. The van der Waals surface area contributed by atoms with Crippen molar-refractivity contribution in [3.8, 4) is 0 Å². The summed E-state index contributed by atoms with van der Waals surface area (Å²) >= 11 is 0. The Labute approximate surface area is 104 Å². The first-order valence-corrected chi connectivity index (χ1v) is 6.56. The number of ether oxygens (including phenoxy) is 1. The maximum Gasteiger partial charge on any atom is 0.407 e. The molecule has 2 unspecified atom stereocenters. The predicted molar refractivity (Wildman–Crippen MR) is 69.0 cm³/mol. The number of piperidine rings is 1. The van der Waals surface area contributed by atoms with Crippen molar-refractivity contribution in [1.29, 1.82) is 0 Å². The van der Waals surface area contributed by atoms with Crippen molar-refractivity contribution in [3.63, 3.8) is 0 Å². The summed E-state index contributed by atoms with van der Waals surface area (Å²) in [6.45, 7) is 10.7. The van der Waals surface area contributed by atoms with Gasteiger partial charge in [0.15, 0.2) is 0 Å². The van der Waals surface area contributed by atoms with Crippen LogP contribution in [0.4, 0.5) is 4.79 Å². The molecule has 2 N–H and O–H groups in total. The van der Waals surface area contributed by atoms with Gasteiger partial charge >= 0.3 is 6.09 Å². The minimum atomic E-state index is -0.417. The molecule has 0 aromatic heterocycles. The van der Waals surface area contributed by atoms with Gasteiger partial charge in [-0.05, 0) is 58.5 Å². The van der Waals surface area contributed by atoms with E-state index in [-0.39, 0.29) is 6.09 Å². The van der Waals surface area contributed by atoms with Crippen molar-refractivity contribution in [2.45, 2.75) is 46.1 Å². The number of hydrogen-bond donors (Lipinski definition) is 2. The van der Waals surface area contributed by atoms with Crippen LogP contribution in [0.3, 0.4) is 0 Å². The van der Waals surface area contributed by atoms with E-state index >= 15 is 0 Å². The highest BCUT2D eigenvalue weighted by Gasteiger charge is 2.21. The Kier molecular flexibility index (Phi) is 5.25. The van der Waals surface area contributed by atoms with E-state index in [9.17, 15) is 4.79 Å². The summed E-state index contributed by atoms with van der Waals surface area (Å²) in [5, 5.41) is 6.24. The van der Waals surface area contributed by atoms with Crippen LogP contribution in [0.15, 0.2) is 0 Å². The molecule has 0 bridgehead atoms. The predicted octanol–water partition coefficient (Wildman–Crippen LogP) is 2.15. The fourth-order valence-corrected chi connectivity index (χ4v) is 2.09. The van der Waals surface area contributed by atoms with E-state index in [1.54, 1.807) is 0 Å². The SMILES string of the molecule is CC(CNC(=O)OC(C)(C)C)C1CCCNC1. The van der Waals surface area contributed by atoms with E-state index in [2.05, 4.69) is 17.6 Å². The van der Waals surface area contributed by atoms with E-state index < -0.39 is 5.60 Å². The number of amides is 1. The summed E-state index contributed by atoms with van der Waals surface area (Å²) in [5.41, 5.74) is -0.417. The van der Waals surface area contributed by atoms with Crippen LogP contribution in [0.1, 0.15) is 40.5 Å². The second kappa shape index (κ2) is 6.24. The molecule has 1 saturated heterocycles. The van der Waals surface area contributed by atoms with Gasteiger partial charge in [0.05, 0.1) is 0 Å². The number of alkyl carbamates (subject to hydrolysis) is 1. The summed E-state index contributed by atoms with van der Waals surface area (Å²) in [7, 11) is 0.